The van der Waals surface area contributed by atoms with Gasteiger partial charge in [-0.3, -0.25) is 9.59 Å². The SMILES string of the molecule is CCOC(=O)C1(Cc2cc(-c3ccc(F)cc3)no2)CCN(C(=O)[C@H]2C[C@H]2C)CC1. The van der Waals surface area contributed by atoms with Crippen LogP contribution >= 0.6 is 0 Å². The normalized spacial score (nSPS) is 22.6. The standard InChI is InChI=1S/C23H27FN2O4/c1-3-29-22(28)23(8-10-26(11-9-23)21(27)19-12-15(19)2)14-18-13-20(25-30-18)16-4-6-17(24)7-5-16/h4-7,13,15,19H,3,8-12,14H2,1-2H3/t15-,19+/m1/s1. The lowest BCUT2D eigenvalue weighted by Gasteiger charge is -2.39. The van der Waals surface area contributed by atoms with Crippen LogP contribution in [0.15, 0.2) is 34.9 Å². The second-order valence-corrected chi connectivity index (χ2v) is 8.51. The molecule has 1 aliphatic heterocycles. The van der Waals surface area contributed by atoms with E-state index in [9.17, 15) is 14.0 Å². The van der Waals surface area contributed by atoms with Crippen LogP contribution in [0.1, 0.15) is 38.9 Å². The lowest BCUT2D eigenvalue weighted by Crippen LogP contribution is -2.48. The van der Waals surface area contributed by atoms with Crippen molar-refractivity contribution in [2.45, 2.75) is 39.5 Å². The molecule has 0 spiro atoms. The van der Waals surface area contributed by atoms with Crippen LogP contribution in [0.25, 0.3) is 11.3 Å². The van der Waals surface area contributed by atoms with Crippen molar-refractivity contribution < 1.29 is 23.2 Å². The van der Waals surface area contributed by atoms with Gasteiger partial charge in [-0.2, -0.15) is 0 Å². The average molecular weight is 414 g/mol. The van der Waals surface area contributed by atoms with E-state index < -0.39 is 5.41 Å². The summed E-state index contributed by atoms with van der Waals surface area (Å²) in [4.78, 5) is 27.3. The fraction of sp³-hybridized carbons (Fsp3) is 0.522. The van der Waals surface area contributed by atoms with E-state index in [1.807, 2.05) is 4.90 Å². The molecule has 1 saturated carbocycles. The number of likely N-dealkylation sites (tertiary alicyclic amines) is 1. The summed E-state index contributed by atoms with van der Waals surface area (Å²) in [6.45, 7) is 5.28. The van der Waals surface area contributed by atoms with Gasteiger partial charge in [-0.15, -0.1) is 0 Å². The van der Waals surface area contributed by atoms with Gasteiger partial charge < -0.3 is 14.2 Å². The summed E-state index contributed by atoms with van der Waals surface area (Å²) < 4.78 is 24.1. The van der Waals surface area contributed by atoms with Gasteiger partial charge in [-0.1, -0.05) is 12.1 Å². The molecule has 1 saturated heterocycles. The van der Waals surface area contributed by atoms with Gasteiger partial charge in [-0.25, -0.2) is 4.39 Å². The van der Waals surface area contributed by atoms with Gasteiger partial charge in [0.05, 0.1) is 12.0 Å². The largest absolute Gasteiger partial charge is 0.466 e. The van der Waals surface area contributed by atoms with E-state index >= 15 is 0 Å². The van der Waals surface area contributed by atoms with Crippen molar-refractivity contribution in [1.82, 2.24) is 10.1 Å². The Bertz CT molecular complexity index is 916. The lowest BCUT2D eigenvalue weighted by molar-refractivity contribution is -0.160. The number of hydrogen-bond donors (Lipinski definition) is 0. The highest BCUT2D eigenvalue weighted by atomic mass is 19.1. The van der Waals surface area contributed by atoms with E-state index in [-0.39, 0.29) is 23.6 Å². The Morgan fingerprint density at radius 3 is 2.53 bits per heavy atom. The van der Waals surface area contributed by atoms with Crippen molar-refractivity contribution in [3.63, 3.8) is 0 Å². The molecule has 6 nitrogen and oxygen atoms in total. The highest BCUT2D eigenvalue weighted by Crippen LogP contribution is 2.42. The lowest BCUT2D eigenvalue weighted by atomic mass is 9.74. The maximum atomic E-state index is 13.2. The minimum atomic E-state index is -0.735. The highest BCUT2D eigenvalue weighted by Gasteiger charge is 2.47. The molecule has 1 amide bonds. The number of aromatic nitrogens is 1. The molecule has 1 aromatic heterocycles. The van der Waals surface area contributed by atoms with Gasteiger partial charge in [-0.05, 0) is 56.4 Å². The number of carbonyl (C=O) groups excluding carboxylic acids is 2. The average Bonchev–Trinajstić information content (AvgIpc) is 3.30. The Morgan fingerprint density at radius 1 is 1.27 bits per heavy atom. The summed E-state index contributed by atoms with van der Waals surface area (Å²) in [5.41, 5.74) is 0.608. The number of carbonyl (C=O) groups is 2. The molecule has 30 heavy (non-hydrogen) atoms. The summed E-state index contributed by atoms with van der Waals surface area (Å²) in [6.07, 6.45) is 2.39. The first-order chi connectivity index (χ1) is 14.4. The molecule has 1 aromatic carbocycles. The number of hydrogen-bond acceptors (Lipinski definition) is 5. The quantitative estimate of drug-likeness (QED) is 0.672. The molecule has 2 fully saturated rings. The molecule has 2 heterocycles. The van der Waals surface area contributed by atoms with E-state index in [0.29, 0.717) is 56.3 Å². The molecule has 0 unspecified atom stereocenters. The first kappa shape index (κ1) is 20.6. The highest BCUT2D eigenvalue weighted by molar-refractivity contribution is 5.82. The van der Waals surface area contributed by atoms with Gasteiger partial charge in [0.1, 0.15) is 17.3 Å². The summed E-state index contributed by atoms with van der Waals surface area (Å²) in [5.74, 6) is 0.833. The molecule has 0 N–H and O–H groups in total. The Balaban J connectivity index is 1.49. The minimum Gasteiger partial charge on any atom is -0.466 e. The van der Waals surface area contributed by atoms with E-state index in [4.69, 9.17) is 9.26 Å². The Hall–Kier alpha value is -2.70. The fourth-order valence-corrected chi connectivity index (χ4v) is 4.28. The van der Waals surface area contributed by atoms with Crippen molar-refractivity contribution in [1.29, 1.82) is 0 Å². The third kappa shape index (κ3) is 4.11. The topological polar surface area (TPSA) is 72.6 Å². The first-order valence-electron chi connectivity index (χ1n) is 10.6. The maximum absolute atomic E-state index is 13.2. The molecule has 7 heteroatoms. The Labute approximate surface area is 175 Å². The van der Waals surface area contributed by atoms with Crippen molar-refractivity contribution in [3.05, 3.63) is 41.9 Å². The van der Waals surface area contributed by atoms with Crippen molar-refractivity contribution in [3.8, 4) is 11.3 Å². The maximum Gasteiger partial charge on any atom is 0.312 e. The summed E-state index contributed by atoms with van der Waals surface area (Å²) in [5, 5.41) is 4.09. The number of ether oxygens (including phenoxy) is 1. The zero-order valence-corrected chi connectivity index (χ0v) is 17.4. The van der Waals surface area contributed by atoms with E-state index in [0.717, 1.165) is 12.0 Å². The zero-order chi connectivity index (χ0) is 21.3. The Morgan fingerprint density at radius 2 is 1.93 bits per heavy atom. The molecule has 2 aromatic rings. The van der Waals surface area contributed by atoms with E-state index in [2.05, 4.69) is 12.1 Å². The van der Waals surface area contributed by atoms with Gasteiger partial charge in [0.15, 0.2) is 0 Å². The number of piperidine rings is 1. The van der Waals surface area contributed by atoms with Gasteiger partial charge >= 0.3 is 5.97 Å². The molecule has 2 atom stereocenters. The monoisotopic (exact) mass is 414 g/mol. The van der Waals surface area contributed by atoms with Crippen molar-refractivity contribution in [2.75, 3.05) is 19.7 Å². The van der Waals surface area contributed by atoms with Crippen LogP contribution in [-0.2, 0) is 20.7 Å². The number of esters is 1. The van der Waals surface area contributed by atoms with Crippen LogP contribution in [0.5, 0.6) is 0 Å². The molecule has 0 bridgehead atoms. The molecular formula is C23H27FN2O4. The number of halogens is 1. The minimum absolute atomic E-state index is 0.146. The summed E-state index contributed by atoms with van der Waals surface area (Å²) in [7, 11) is 0. The number of nitrogens with zero attached hydrogens (tertiary/aromatic N) is 2. The first-order valence-corrected chi connectivity index (χ1v) is 10.6. The molecule has 1 aliphatic carbocycles. The third-order valence-corrected chi connectivity index (χ3v) is 6.38. The molecule has 160 valence electrons. The predicted octanol–water partition coefficient (Wildman–Crippen LogP) is 3.85. The summed E-state index contributed by atoms with van der Waals surface area (Å²) >= 11 is 0. The van der Waals surface area contributed by atoms with Crippen LogP contribution < -0.4 is 0 Å². The van der Waals surface area contributed by atoms with Crippen LogP contribution in [0.3, 0.4) is 0 Å². The third-order valence-electron chi connectivity index (χ3n) is 6.38. The van der Waals surface area contributed by atoms with Gasteiger partial charge in [0.25, 0.3) is 0 Å². The number of rotatable bonds is 6. The van der Waals surface area contributed by atoms with E-state index in [1.54, 1.807) is 25.1 Å². The second-order valence-electron chi connectivity index (χ2n) is 8.51. The van der Waals surface area contributed by atoms with Gasteiger partial charge in [0, 0.05) is 37.1 Å². The predicted molar refractivity (Wildman–Crippen MR) is 108 cm³/mol. The number of benzene rings is 1. The van der Waals surface area contributed by atoms with Gasteiger partial charge in [0.2, 0.25) is 5.91 Å². The molecular weight excluding hydrogens is 387 g/mol. The van der Waals surface area contributed by atoms with Crippen molar-refractivity contribution >= 4 is 11.9 Å². The van der Waals surface area contributed by atoms with Crippen LogP contribution in [-0.4, -0.2) is 41.6 Å². The van der Waals surface area contributed by atoms with Crippen LogP contribution in [0, 0.1) is 23.1 Å². The Kier molecular flexibility index (Phi) is 5.62. The molecule has 2 aliphatic rings. The zero-order valence-electron chi connectivity index (χ0n) is 17.4. The second kappa shape index (κ2) is 8.20. The van der Waals surface area contributed by atoms with Crippen LogP contribution in [0.4, 0.5) is 4.39 Å². The summed E-state index contributed by atoms with van der Waals surface area (Å²) in [6, 6.07) is 7.81. The van der Waals surface area contributed by atoms with Crippen molar-refractivity contribution in [2.24, 2.45) is 17.3 Å². The molecule has 0 radical (unpaired) electrons. The number of amides is 1. The van der Waals surface area contributed by atoms with E-state index in [1.165, 1.54) is 12.1 Å². The molecule has 4 rings (SSSR count). The van der Waals surface area contributed by atoms with Crippen LogP contribution in [0.2, 0.25) is 0 Å². The fourth-order valence-electron chi connectivity index (χ4n) is 4.28. The smallest absolute Gasteiger partial charge is 0.312 e.